The van der Waals surface area contributed by atoms with Crippen molar-refractivity contribution in [3.8, 4) is 0 Å². The third-order valence-corrected chi connectivity index (χ3v) is 6.37. The molecule has 3 aliphatic rings. The van der Waals surface area contributed by atoms with Gasteiger partial charge in [0.15, 0.2) is 0 Å². The number of rotatable bonds is 2. The van der Waals surface area contributed by atoms with Crippen molar-refractivity contribution in [1.82, 2.24) is 0 Å². The van der Waals surface area contributed by atoms with E-state index in [0.717, 1.165) is 6.42 Å². The van der Waals surface area contributed by atoms with Crippen LogP contribution in [0.5, 0.6) is 0 Å². The zero-order chi connectivity index (χ0) is 16.2. The summed E-state index contributed by atoms with van der Waals surface area (Å²) in [6.45, 7) is 6.99. The molecule has 0 aliphatic heterocycles. The molecule has 0 saturated heterocycles. The van der Waals surface area contributed by atoms with Crippen molar-refractivity contribution in [3.05, 3.63) is 87.6 Å². The molecular formula is C22H21Br. The van der Waals surface area contributed by atoms with Crippen molar-refractivity contribution in [2.24, 2.45) is 5.41 Å². The summed E-state index contributed by atoms with van der Waals surface area (Å²) in [4.78, 5) is 0.289. The Hall–Kier alpha value is -1.60. The molecule has 0 fully saturated rings. The highest BCUT2D eigenvalue weighted by Gasteiger charge is 2.38. The lowest BCUT2D eigenvalue weighted by Crippen LogP contribution is -2.20. The highest BCUT2D eigenvalue weighted by Crippen LogP contribution is 2.54. The Bertz CT molecular complexity index is 840. The lowest BCUT2D eigenvalue weighted by atomic mass is 9.71. The number of hydrogen-bond donors (Lipinski definition) is 0. The van der Waals surface area contributed by atoms with Crippen LogP contribution in [0.15, 0.2) is 76.4 Å². The monoisotopic (exact) mass is 364 g/mol. The van der Waals surface area contributed by atoms with E-state index in [-0.39, 0.29) is 10.2 Å². The standard InChI is InChI=1S/C22H21Br/c1-14-12-19-18(13-15-8-4-7-11-17(15)21(19)23)20(14)22(2,3)16-9-5-6-10-16/h4-9,11-13,21H,10H2,1-3H3. The van der Waals surface area contributed by atoms with Gasteiger partial charge in [-0.1, -0.05) is 83.9 Å². The topological polar surface area (TPSA) is 0 Å². The van der Waals surface area contributed by atoms with E-state index in [2.05, 4.69) is 91.3 Å². The zero-order valence-corrected chi connectivity index (χ0v) is 15.4. The van der Waals surface area contributed by atoms with Gasteiger partial charge >= 0.3 is 0 Å². The molecule has 0 spiro atoms. The van der Waals surface area contributed by atoms with Crippen molar-refractivity contribution in [2.75, 3.05) is 0 Å². The predicted molar refractivity (Wildman–Crippen MR) is 102 cm³/mol. The van der Waals surface area contributed by atoms with Crippen molar-refractivity contribution >= 4 is 22.0 Å². The van der Waals surface area contributed by atoms with E-state index in [1.54, 1.807) is 0 Å². The third-order valence-electron chi connectivity index (χ3n) is 5.39. The molecule has 0 aromatic heterocycles. The van der Waals surface area contributed by atoms with Crippen LogP contribution in [0.2, 0.25) is 0 Å². The Morgan fingerprint density at radius 1 is 1.13 bits per heavy atom. The normalized spacial score (nSPS) is 22.6. The maximum absolute atomic E-state index is 3.94. The molecule has 116 valence electrons. The summed E-state index contributed by atoms with van der Waals surface area (Å²) in [5.74, 6) is 0. The molecule has 0 heterocycles. The van der Waals surface area contributed by atoms with Crippen LogP contribution in [-0.4, -0.2) is 0 Å². The fourth-order valence-corrected chi connectivity index (χ4v) is 5.00. The Balaban J connectivity index is 1.85. The minimum absolute atomic E-state index is 0.0661. The number of allylic oxidation sites excluding steroid dienone is 9. The molecule has 0 nitrogen and oxygen atoms in total. The molecule has 1 aromatic carbocycles. The van der Waals surface area contributed by atoms with Crippen molar-refractivity contribution in [2.45, 2.75) is 32.0 Å². The Morgan fingerprint density at radius 3 is 2.65 bits per heavy atom. The largest absolute Gasteiger partial charge is 0.0804 e. The fraction of sp³-hybridized carbons (Fsp3) is 0.273. The first kappa shape index (κ1) is 15.0. The SMILES string of the molecule is CC1=C(C(C)(C)C2=CC=CC2)C2=Cc3ccccc3C(Br)C2=C1. The van der Waals surface area contributed by atoms with Crippen LogP contribution >= 0.6 is 15.9 Å². The number of fused-ring (bicyclic) bond motifs is 2. The van der Waals surface area contributed by atoms with Crippen molar-refractivity contribution in [3.63, 3.8) is 0 Å². The van der Waals surface area contributed by atoms with Gasteiger partial charge in [-0.05, 0) is 52.8 Å². The van der Waals surface area contributed by atoms with Gasteiger partial charge in [0.25, 0.3) is 0 Å². The molecule has 1 atom stereocenters. The molecule has 1 heteroatoms. The van der Waals surface area contributed by atoms with Gasteiger partial charge in [-0.25, -0.2) is 0 Å². The van der Waals surface area contributed by atoms with Crippen molar-refractivity contribution < 1.29 is 0 Å². The number of hydrogen-bond acceptors (Lipinski definition) is 0. The minimum Gasteiger partial charge on any atom is -0.0804 e. The quantitative estimate of drug-likeness (QED) is 0.512. The van der Waals surface area contributed by atoms with E-state index in [1.807, 2.05) is 0 Å². The zero-order valence-electron chi connectivity index (χ0n) is 13.9. The predicted octanol–water partition coefficient (Wildman–Crippen LogP) is 6.69. The van der Waals surface area contributed by atoms with Gasteiger partial charge in [0.2, 0.25) is 0 Å². The second kappa shape index (κ2) is 5.21. The summed E-state index contributed by atoms with van der Waals surface area (Å²) in [6.07, 6.45) is 12.6. The molecule has 0 N–H and O–H groups in total. The van der Waals surface area contributed by atoms with Gasteiger partial charge in [0.05, 0.1) is 4.83 Å². The molecule has 0 bridgehead atoms. The second-order valence-electron chi connectivity index (χ2n) is 7.16. The first-order valence-corrected chi connectivity index (χ1v) is 9.16. The lowest BCUT2D eigenvalue weighted by molar-refractivity contribution is 0.536. The average Bonchev–Trinajstić information content (AvgIpc) is 3.15. The molecule has 0 saturated carbocycles. The van der Waals surface area contributed by atoms with Crippen molar-refractivity contribution in [1.29, 1.82) is 0 Å². The van der Waals surface area contributed by atoms with Crippen LogP contribution in [0.4, 0.5) is 0 Å². The summed E-state index contributed by atoms with van der Waals surface area (Å²) in [5, 5.41) is 0. The molecule has 4 rings (SSSR count). The van der Waals surface area contributed by atoms with Crippen LogP contribution < -0.4 is 0 Å². The van der Waals surface area contributed by atoms with E-state index in [1.165, 1.54) is 39.0 Å². The van der Waals surface area contributed by atoms with Crippen LogP contribution in [0.3, 0.4) is 0 Å². The van der Waals surface area contributed by atoms with Gasteiger partial charge in [-0.15, -0.1) is 0 Å². The number of alkyl halides is 1. The number of benzene rings is 1. The smallest absolute Gasteiger partial charge is 0.0656 e. The summed E-state index contributed by atoms with van der Waals surface area (Å²) in [5.41, 5.74) is 10.0. The maximum atomic E-state index is 3.94. The lowest BCUT2D eigenvalue weighted by Gasteiger charge is -2.33. The fourth-order valence-electron chi connectivity index (χ4n) is 4.20. The minimum atomic E-state index is 0.0661. The highest BCUT2D eigenvalue weighted by atomic mass is 79.9. The summed E-state index contributed by atoms with van der Waals surface area (Å²) >= 11 is 3.94. The molecule has 23 heavy (non-hydrogen) atoms. The summed E-state index contributed by atoms with van der Waals surface area (Å²) in [7, 11) is 0. The van der Waals surface area contributed by atoms with Crippen LogP contribution in [0.1, 0.15) is 43.1 Å². The first-order valence-electron chi connectivity index (χ1n) is 8.24. The Labute approximate surface area is 147 Å². The maximum Gasteiger partial charge on any atom is 0.0656 e. The van der Waals surface area contributed by atoms with E-state index < -0.39 is 0 Å². The van der Waals surface area contributed by atoms with Gasteiger partial charge < -0.3 is 0 Å². The summed E-state index contributed by atoms with van der Waals surface area (Å²) < 4.78 is 0. The molecule has 1 aromatic rings. The van der Waals surface area contributed by atoms with E-state index >= 15 is 0 Å². The van der Waals surface area contributed by atoms with Gasteiger partial charge in [-0.2, -0.15) is 0 Å². The van der Waals surface area contributed by atoms with Crippen LogP contribution in [0, 0.1) is 5.41 Å². The average molecular weight is 365 g/mol. The third kappa shape index (κ3) is 2.17. The Morgan fingerprint density at radius 2 is 1.91 bits per heavy atom. The van der Waals surface area contributed by atoms with E-state index in [9.17, 15) is 0 Å². The highest BCUT2D eigenvalue weighted by molar-refractivity contribution is 9.09. The van der Waals surface area contributed by atoms with Crippen LogP contribution in [-0.2, 0) is 0 Å². The molecular weight excluding hydrogens is 344 g/mol. The van der Waals surface area contributed by atoms with Gasteiger partial charge in [0.1, 0.15) is 0 Å². The molecule has 0 amide bonds. The summed E-state index contributed by atoms with van der Waals surface area (Å²) in [6, 6.07) is 8.71. The molecule has 3 aliphatic carbocycles. The second-order valence-corrected chi connectivity index (χ2v) is 8.07. The van der Waals surface area contributed by atoms with E-state index in [4.69, 9.17) is 0 Å². The Kier molecular flexibility index (Phi) is 3.39. The molecule has 0 radical (unpaired) electrons. The molecule has 1 unspecified atom stereocenters. The number of halogens is 1. The van der Waals surface area contributed by atoms with Crippen LogP contribution in [0.25, 0.3) is 6.08 Å². The van der Waals surface area contributed by atoms with E-state index in [0.29, 0.717) is 0 Å². The van der Waals surface area contributed by atoms with Gasteiger partial charge in [0, 0.05) is 5.41 Å². The van der Waals surface area contributed by atoms with Gasteiger partial charge in [-0.3, -0.25) is 0 Å². The first-order chi connectivity index (χ1) is 11.0.